The number of nitrogens with two attached hydrogens (primary N) is 1. The van der Waals surface area contributed by atoms with E-state index >= 15 is 0 Å². The Kier molecular flexibility index (Phi) is 4.36. The Bertz CT molecular complexity index is 702. The standard InChI is InChI=1S/C12H11FN4O2S/c13-8-2-1-7(9(5-8)11(14)17-19)6-20-12-15-4-3-10(18)16-12/h1-5,19H,6H2,(H2,14,17)(H,15,16,18). The Balaban J connectivity index is 2.23. The van der Waals surface area contributed by atoms with Gasteiger partial charge in [-0.05, 0) is 17.7 Å². The molecule has 0 unspecified atom stereocenters. The van der Waals surface area contributed by atoms with Gasteiger partial charge in [-0.15, -0.1) is 0 Å². The van der Waals surface area contributed by atoms with Gasteiger partial charge in [-0.1, -0.05) is 23.0 Å². The van der Waals surface area contributed by atoms with E-state index in [1.807, 2.05) is 0 Å². The highest BCUT2D eigenvalue weighted by atomic mass is 32.2. The van der Waals surface area contributed by atoms with E-state index in [1.165, 1.54) is 42.2 Å². The minimum Gasteiger partial charge on any atom is -0.409 e. The second-order valence-electron chi connectivity index (χ2n) is 3.81. The minimum atomic E-state index is -0.480. The van der Waals surface area contributed by atoms with E-state index in [-0.39, 0.29) is 11.4 Å². The first-order valence-electron chi connectivity index (χ1n) is 5.54. The summed E-state index contributed by atoms with van der Waals surface area (Å²) in [6.45, 7) is 0. The predicted molar refractivity (Wildman–Crippen MR) is 73.3 cm³/mol. The molecule has 0 aliphatic rings. The van der Waals surface area contributed by atoms with Gasteiger partial charge in [-0.2, -0.15) is 0 Å². The number of aromatic nitrogens is 2. The van der Waals surface area contributed by atoms with Crippen molar-refractivity contribution in [2.75, 3.05) is 0 Å². The first-order valence-corrected chi connectivity index (χ1v) is 6.53. The fourth-order valence-corrected chi connectivity index (χ4v) is 2.39. The largest absolute Gasteiger partial charge is 0.409 e. The zero-order valence-electron chi connectivity index (χ0n) is 10.2. The molecule has 0 spiro atoms. The Hall–Kier alpha value is -2.35. The third-order valence-corrected chi connectivity index (χ3v) is 3.40. The predicted octanol–water partition coefficient (Wildman–Crippen LogP) is 1.30. The second kappa shape index (κ2) is 6.20. The second-order valence-corrected chi connectivity index (χ2v) is 4.78. The Morgan fingerprint density at radius 1 is 1.50 bits per heavy atom. The van der Waals surface area contributed by atoms with E-state index in [9.17, 15) is 9.18 Å². The number of nitrogens with one attached hydrogen (secondary N) is 1. The zero-order chi connectivity index (χ0) is 14.5. The Morgan fingerprint density at radius 2 is 2.30 bits per heavy atom. The molecule has 0 aliphatic carbocycles. The molecule has 104 valence electrons. The van der Waals surface area contributed by atoms with Gasteiger partial charge in [0.15, 0.2) is 11.0 Å². The third kappa shape index (κ3) is 3.35. The van der Waals surface area contributed by atoms with Crippen LogP contribution in [0, 0.1) is 5.82 Å². The average Bonchev–Trinajstić information content (AvgIpc) is 2.45. The number of amidine groups is 1. The third-order valence-electron chi connectivity index (χ3n) is 2.47. The molecule has 0 radical (unpaired) electrons. The maximum atomic E-state index is 13.2. The van der Waals surface area contributed by atoms with Crippen molar-refractivity contribution in [1.29, 1.82) is 0 Å². The fourth-order valence-electron chi connectivity index (χ4n) is 1.54. The normalized spacial score (nSPS) is 11.6. The Labute approximate surface area is 117 Å². The number of benzene rings is 1. The van der Waals surface area contributed by atoms with Crippen LogP contribution in [0.25, 0.3) is 0 Å². The van der Waals surface area contributed by atoms with Crippen molar-refractivity contribution in [2.45, 2.75) is 10.9 Å². The lowest BCUT2D eigenvalue weighted by Gasteiger charge is -2.07. The molecule has 1 aromatic carbocycles. The molecular weight excluding hydrogens is 283 g/mol. The number of oxime groups is 1. The van der Waals surface area contributed by atoms with Crippen LogP contribution in [0.2, 0.25) is 0 Å². The number of H-pyrrole nitrogens is 1. The number of rotatable bonds is 4. The lowest BCUT2D eigenvalue weighted by Crippen LogP contribution is -2.15. The maximum absolute atomic E-state index is 13.2. The molecule has 8 heteroatoms. The summed E-state index contributed by atoms with van der Waals surface area (Å²) in [6, 6.07) is 5.32. The van der Waals surface area contributed by atoms with Crippen LogP contribution in [0.5, 0.6) is 0 Å². The van der Waals surface area contributed by atoms with Gasteiger partial charge in [0.25, 0.3) is 5.56 Å². The summed E-state index contributed by atoms with van der Waals surface area (Å²) >= 11 is 1.25. The van der Waals surface area contributed by atoms with E-state index in [4.69, 9.17) is 10.9 Å². The van der Waals surface area contributed by atoms with Crippen molar-refractivity contribution >= 4 is 17.6 Å². The monoisotopic (exact) mass is 294 g/mol. The quantitative estimate of drug-likeness (QED) is 0.197. The lowest BCUT2D eigenvalue weighted by atomic mass is 10.1. The molecule has 0 fully saturated rings. The van der Waals surface area contributed by atoms with Crippen LogP contribution in [-0.2, 0) is 5.75 Å². The minimum absolute atomic E-state index is 0.172. The molecule has 2 aromatic rings. The van der Waals surface area contributed by atoms with Crippen molar-refractivity contribution in [1.82, 2.24) is 9.97 Å². The molecule has 0 saturated heterocycles. The zero-order valence-corrected chi connectivity index (χ0v) is 11.0. The summed E-state index contributed by atoms with van der Waals surface area (Å²) in [4.78, 5) is 17.7. The van der Waals surface area contributed by atoms with Gasteiger partial charge in [-0.3, -0.25) is 4.79 Å². The SMILES string of the molecule is NC(=NO)c1cc(F)ccc1CSc1nccc(=O)[nH]1. The first kappa shape index (κ1) is 14.1. The first-order chi connectivity index (χ1) is 9.60. The number of nitrogens with zero attached hydrogens (tertiary/aromatic N) is 2. The molecule has 4 N–H and O–H groups in total. The van der Waals surface area contributed by atoms with Crippen LogP contribution in [0.1, 0.15) is 11.1 Å². The highest BCUT2D eigenvalue weighted by Gasteiger charge is 2.09. The smallest absolute Gasteiger partial charge is 0.251 e. The highest BCUT2D eigenvalue weighted by Crippen LogP contribution is 2.21. The van der Waals surface area contributed by atoms with Gasteiger partial charge in [0.05, 0.1) is 0 Å². The summed E-state index contributed by atoms with van der Waals surface area (Å²) < 4.78 is 13.2. The number of hydrogen-bond donors (Lipinski definition) is 3. The average molecular weight is 294 g/mol. The van der Waals surface area contributed by atoms with E-state index in [0.717, 1.165) is 0 Å². The van der Waals surface area contributed by atoms with Crippen molar-refractivity contribution in [3.8, 4) is 0 Å². The summed E-state index contributed by atoms with van der Waals surface area (Å²) in [5.74, 6) is -0.264. The topological polar surface area (TPSA) is 104 Å². The molecule has 0 amide bonds. The van der Waals surface area contributed by atoms with Crippen LogP contribution in [-0.4, -0.2) is 21.0 Å². The maximum Gasteiger partial charge on any atom is 0.251 e. The van der Waals surface area contributed by atoms with Crippen LogP contribution >= 0.6 is 11.8 Å². The number of hydrogen-bond acceptors (Lipinski definition) is 5. The van der Waals surface area contributed by atoms with Gasteiger partial charge >= 0.3 is 0 Å². The van der Waals surface area contributed by atoms with E-state index in [2.05, 4.69) is 15.1 Å². The number of halogens is 1. The molecule has 0 saturated carbocycles. The van der Waals surface area contributed by atoms with Crippen LogP contribution in [0.3, 0.4) is 0 Å². The fraction of sp³-hybridized carbons (Fsp3) is 0.0833. The molecule has 0 aliphatic heterocycles. The molecule has 2 rings (SSSR count). The summed E-state index contributed by atoms with van der Waals surface area (Å²) in [6.07, 6.45) is 1.40. The summed E-state index contributed by atoms with van der Waals surface area (Å²) in [7, 11) is 0. The van der Waals surface area contributed by atoms with Gasteiger partial charge in [0.1, 0.15) is 5.82 Å². The van der Waals surface area contributed by atoms with Crippen molar-refractivity contribution in [2.24, 2.45) is 10.9 Å². The lowest BCUT2D eigenvalue weighted by molar-refractivity contribution is 0.318. The summed E-state index contributed by atoms with van der Waals surface area (Å²) in [5.41, 5.74) is 6.23. The molecule has 6 nitrogen and oxygen atoms in total. The molecular formula is C12H11FN4O2S. The van der Waals surface area contributed by atoms with Crippen molar-refractivity contribution in [3.63, 3.8) is 0 Å². The molecule has 1 heterocycles. The molecule has 1 aromatic heterocycles. The van der Waals surface area contributed by atoms with Gasteiger partial charge in [0.2, 0.25) is 0 Å². The van der Waals surface area contributed by atoms with Gasteiger partial charge in [-0.25, -0.2) is 9.37 Å². The van der Waals surface area contributed by atoms with Crippen LogP contribution in [0.15, 0.2) is 45.6 Å². The summed E-state index contributed by atoms with van der Waals surface area (Å²) in [5, 5.41) is 12.0. The Morgan fingerprint density at radius 3 is 3.00 bits per heavy atom. The molecule has 0 atom stereocenters. The highest BCUT2D eigenvalue weighted by molar-refractivity contribution is 7.98. The van der Waals surface area contributed by atoms with Crippen LogP contribution < -0.4 is 11.3 Å². The number of thioether (sulfide) groups is 1. The van der Waals surface area contributed by atoms with Crippen molar-refractivity contribution in [3.05, 3.63) is 57.8 Å². The van der Waals surface area contributed by atoms with E-state index in [1.54, 1.807) is 0 Å². The van der Waals surface area contributed by atoms with E-state index < -0.39 is 5.82 Å². The van der Waals surface area contributed by atoms with Gasteiger partial charge < -0.3 is 15.9 Å². The molecule has 0 bridgehead atoms. The molecule has 20 heavy (non-hydrogen) atoms. The van der Waals surface area contributed by atoms with E-state index in [0.29, 0.717) is 22.0 Å². The van der Waals surface area contributed by atoms with Gasteiger partial charge in [0, 0.05) is 23.6 Å². The number of aromatic amines is 1. The van der Waals surface area contributed by atoms with Crippen LogP contribution in [0.4, 0.5) is 4.39 Å². The van der Waals surface area contributed by atoms with Crippen molar-refractivity contribution < 1.29 is 9.60 Å².